The van der Waals surface area contributed by atoms with E-state index < -0.39 is 0 Å². The molecule has 0 radical (unpaired) electrons. The fourth-order valence-electron chi connectivity index (χ4n) is 1.81. The van der Waals surface area contributed by atoms with Crippen LogP contribution >= 0.6 is 0 Å². The number of nitrogens with one attached hydrogen (secondary N) is 1. The Kier molecular flexibility index (Phi) is 4.57. The predicted molar refractivity (Wildman–Crippen MR) is 81.1 cm³/mol. The van der Waals surface area contributed by atoms with Gasteiger partial charge in [0.25, 0.3) is 0 Å². The van der Waals surface area contributed by atoms with E-state index in [1.54, 1.807) is 12.1 Å². The largest absolute Gasteiger partial charge is 0.492 e. The fourth-order valence-corrected chi connectivity index (χ4v) is 1.81. The van der Waals surface area contributed by atoms with Crippen LogP contribution in [0, 0.1) is 25.2 Å². The van der Waals surface area contributed by atoms with Crippen molar-refractivity contribution in [1.82, 2.24) is 10.2 Å². The molecule has 2 rings (SSSR count). The third kappa shape index (κ3) is 3.60. The van der Waals surface area contributed by atoms with Crippen molar-refractivity contribution >= 4 is 11.5 Å². The van der Waals surface area contributed by atoms with Gasteiger partial charge in [-0.1, -0.05) is 6.07 Å². The minimum atomic E-state index is 0.433. The SMILES string of the molecule is Cc1nnc(NCCOc2cccc(N)c2)c(C#N)c1C. The van der Waals surface area contributed by atoms with Gasteiger partial charge in [0.15, 0.2) is 5.82 Å². The molecule has 1 heterocycles. The molecule has 0 aliphatic heterocycles. The summed E-state index contributed by atoms with van der Waals surface area (Å²) in [7, 11) is 0. The monoisotopic (exact) mass is 283 g/mol. The fraction of sp³-hybridized carbons (Fsp3) is 0.267. The maximum Gasteiger partial charge on any atom is 0.167 e. The molecule has 0 saturated heterocycles. The maximum atomic E-state index is 9.19. The lowest BCUT2D eigenvalue weighted by Crippen LogP contribution is -2.14. The highest BCUT2D eigenvalue weighted by atomic mass is 16.5. The zero-order valence-corrected chi connectivity index (χ0v) is 12.1. The van der Waals surface area contributed by atoms with E-state index in [4.69, 9.17) is 10.5 Å². The van der Waals surface area contributed by atoms with Gasteiger partial charge in [0, 0.05) is 11.8 Å². The molecule has 0 aliphatic rings. The van der Waals surface area contributed by atoms with Crippen molar-refractivity contribution in [2.45, 2.75) is 13.8 Å². The van der Waals surface area contributed by atoms with E-state index >= 15 is 0 Å². The molecular weight excluding hydrogens is 266 g/mol. The minimum Gasteiger partial charge on any atom is -0.492 e. The van der Waals surface area contributed by atoms with Gasteiger partial charge in [0.05, 0.1) is 12.2 Å². The van der Waals surface area contributed by atoms with Gasteiger partial charge in [-0.2, -0.15) is 10.4 Å². The number of aromatic nitrogens is 2. The van der Waals surface area contributed by atoms with Crippen molar-refractivity contribution in [2.24, 2.45) is 0 Å². The first-order chi connectivity index (χ1) is 10.1. The van der Waals surface area contributed by atoms with Crippen LogP contribution in [0.4, 0.5) is 11.5 Å². The summed E-state index contributed by atoms with van der Waals surface area (Å²) in [6.07, 6.45) is 0. The highest BCUT2D eigenvalue weighted by Gasteiger charge is 2.09. The van der Waals surface area contributed by atoms with E-state index in [1.165, 1.54) is 0 Å². The number of hydrogen-bond donors (Lipinski definition) is 2. The maximum absolute atomic E-state index is 9.19. The summed E-state index contributed by atoms with van der Waals surface area (Å²) in [5.74, 6) is 1.19. The van der Waals surface area contributed by atoms with Crippen molar-refractivity contribution in [3.8, 4) is 11.8 Å². The van der Waals surface area contributed by atoms with Gasteiger partial charge in [0.1, 0.15) is 24.0 Å². The lowest BCUT2D eigenvalue weighted by molar-refractivity contribution is 0.333. The molecule has 3 N–H and O–H groups in total. The average molecular weight is 283 g/mol. The third-order valence-corrected chi connectivity index (χ3v) is 3.09. The predicted octanol–water partition coefficient (Wildman–Crippen LogP) is 2.04. The van der Waals surface area contributed by atoms with Crippen LogP contribution in [0.15, 0.2) is 24.3 Å². The second kappa shape index (κ2) is 6.57. The van der Waals surface area contributed by atoms with Crippen LogP contribution in [-0.2, 0) is 0 Å². The highest BCUT2D eigenvalue weighted by Crippen LogP contribution is 2.17. The molecule has 0 unspecified atom stereocenters. The Morgan fingerprint density at radius 1 is 1.33 bits per heavy atom. The number of rotatable bonds is 5. The zero-order valence-electron chi connectivity index (χ0n) is 12.1. The Morgan fingerprint density at radius 2 is 2.14 bits per heavy atom. The molecule has 0 spiro atoms. The first kappa shape index (κ1) is 14.6. The van der Waals surface area contributed by atoms with Gasteiger partial charge in [-0.15, -0.1) is 5.10 Å². The first-order valence-electron chi connectivity index (χ1n) is 6.58. The molecule has 1 aromatic heterocycles. The average Bonchev–Trinajstić information content (AvgIpc) is 2.47. The lowest BCUT2D eigenvalue weighted by atomic mass is 10.1. The molecule has 0 fully saturated rings. The van der Waals surface area contributed by atoms with Crippen LogP contribution in [0.5, 0.6) is 5.75 Å². The van der Waals surface area contributed by atoms with E-state index in [9.17, 15) is 5.26 Å². The second-order valence-electron chi connectivity index (χ2n) is 4.59. The lowest BCUT2D eigenvalue weighted by Gasteiger charge is -2.10. The van der Waals surface area contributed by atoms with Crippen molar-refractivity contribution in [1.29, 1.82) is 5.26 Å². The number of hydrogen-bond acceptors (Lipinski definition) is 6. The van der Waals surface area contributed by atoms with Crippen LogP contribution in [0.2, 0.25) is 0 Å². The number of aryl methyl sites for hydroxylation is 1. The normalized spacial score (nSPS) is 9.95. The second-order valence-corrected chi connectivity index (χ2v) is 4.59. The topological polar surface area (TPSA) is 96.8 Å². The summed E-state index contributed by atoms with van der Waals surface area (Å²) in [4.78, 5) is 0. The highest BCUT2D eigenvalue weighted by molar-refractivity contribution is 5.55. The Morgan fingerprint density at radius 3 is 2.86 bits per heavy atom. The van der Waals surface area contributed by atoms with E-state index in [0.717, 1.165) is 11.3 Å². The van der Waals surface area contributed by atoms with E-state index in [0.29, 0.717) is 36.0 Å². The molecule has 0 amide bonds. The van der Waals surface area contributed by atoms with Gasteiger partial charge < -0.3 is 15.8 Å². The zero-order chi connectivity index (χ0) is 15.2. The quantitative estimate of drug-likeness (QED) is 0.644. The number of nitrogens with two attached hydrogens (primary N) is 1. The van der Waals surface area contributed by atoms with Crippen molar-refractivity contribution in [3.63, 3.8) is 0 Å². The Balaban J connectivity index is 1.93. The number of nitriles is 1. The summed E-state index contributed by atoms with van der Waals surface area (Å²) >= 11 is 0. The number of nitrogen functional groups attached to an aromatic ring is 1. The van der Waals surface area contributed by atoms with Gasteiger partial charge >= 0.3 is 0 Å². The molecule has 0 atom stereocenters. The number of benzene rings is 1. The Labute approximate surface area is 123 Å². The Bertz CT molecular complexity index is 678. The van der Waals surface area contributed by atoms with Crippen molar-refractivity contribution in [2.75, 3.05) is 24.2 Å². The standard InChI is InChI=1S/C15H17N5O/c1-10-11(2)19-20-15(14(10)9-16)18-6-7-21-13-5-3-4-12(17)8-13/h3-5,8H,6-7,17H2,1-2H3,(H,18,20). The van der Waals surface area contributed by atoms with E-state index in [2.05, 4.69) is 21.6 Å². The van der Waals surface area contributed by atoms with E-state index in [1.807, 2.05) is 26.0 Å². The minimum absolute atomic E-state index is 0.433. The van der Waals surface area contributed by atoms with Crippen molar-refractivity contribution < 1.29 is 4.74 Å². The molecule has 0 saturated carbocycles. The molecule has 0 bridgehead atoms. The molecule has 2 aromatic rings. The number of anilines is 2. The Hall–Kier alpha value is -2.81. The summed E-state index contributed by atoms with van der Waals surface area (Å²) in [5.41, 5.74) is 8.45. The molecule has 108 valence electrons. The smallest absolute Gasteiger partial charge is 0.167 e. The van der Waals surface area contributed by atoms with Gasteiger partial charge in [-0.05, 0) is 31.5 Å². The molecule has 0 aliphatic carbocycles. The van der Waals surface area contributed by atoms with Crippen LogP contribution in [-0.4, -0.2) is 23.3 Å². The van der Waals surface area contributed by atoms with E-state index in [-0.39, 0.29) is 0 Å². The summed E-state index contributed by atoms with van der Waals surface area (Å²) in [6.45, 7) is 4.64. The molecule has 6 nitrogen and oxygen atoms in total. The molecular formula is C15H17N5O. The summed E-state index contributed by atoms with van der Waals surface area (Å²) in [5, 5.41) is 20.3. The molecule has 6 heteroatoms. The van der Waals surface area contributed by atoms with Crippen LogP contribution < -0.4 is 15.8 Å². The molecule has 21 heavy (non-hydrogen) atoms. The number of nitrogens with zero attached hydrogens (tertiary/aromatic N) is 3. The van der Waals surface area contributed by atoms with Crippen LogP contribution in [0.1, 0.15) is 16.8 Å². The summed E-state index contributed by atoms with van der Waals surface area (Å²) in [6, 6.07) is 9.38. The van der Waals surface area contributed by atoms with Crippen LogP contribution in [0.3, 0.4) is 0 Å². The van der Waals surface area contributed by atoms with Gasteiger partial charge in [-0.25, -0.2) is 0 Å². The van der Waals surface area contributed by atoms with Crippen molar-refractivity contribution in [3.05, 3.63) is 41.1 Å². The molecule has 1 aromatic carbocycles. The third-order valence-electron chi connectivity index (χ3n) is 3.09. The van der Waals surface area contributed by atoms with Gasteiger partial charge in [-0.3, -0.25) is 0 Å². The van der Waals surface area contributed by atoms with Gasteiger partial charge in [0.2, 0.25) is 0 Å². The number of ether oxygens (including phenoxy) is 1. The first-order valence-corrected chi connectivity index (χ1v) is 6.58. The van der Waals surface area contributed by atoms with Crippen LogP contribution in [0.25, 0.3) is 0 Å². The summed E-state index contributed by atoms with van der Waals surface area (Å²) < 4.78 is 5.56.